The van der Waals surface area contributed by atoms with Crippen LogP contribution < -0.4 is 10.6 Å². The van der Waals surface area contributed by atoms with E-state index < -0.39 is 0 Å². The summed E-state index contributed by atoms with van der Waals surface area (Å²) in [6.07, 6.45) is 6.87. The summed E-state index contributed by atoms with van der Waals surface area (Å²) in [5, 5.41) is 6.26. The highest BCUT2D eigenvalue weighted by atomic mass is 16.2. The predicted molar refractivity (Wildman–Crippen MR) is 80.6 cm³/mol. The minimum absolute atomic E-state index is 0.0622. The Hall–Kier alpha value is -1.62. The molecule has 1 atom stereocenters. The number of hydrogen-bond acceptors (Lipinski definition) is 4. The van der Waals surface area contributed by atoms with Gasteiger partial charge in [0.15, 0.2) is 0 Å². The number of nitrogens with zero attached hydrogens (tertiary/aromatic N) is 2. The summed E-state index contributed by atoms with van der Waals surface area (Å²) in [5.41, 5.74) is 0.981. The van der Waals surface area contributed by atoms with Crippen LogP contribution >= 0.6 is 0 Å². The van der Waals surface area contributed by atoms with Gasteiger partial charge in [-0.3, -0.25) is 14.7 Å². The van der Waals surface area contributed by atoms with Crippen LogP contribution in [0.4, 0.5) is 5.69 Å². The number of likely N-dealkylation sites (tertiary alicyclic amines) is 1. The summed E-state index contributed by atoms with van der Waals surface area (Å²) >= 11 is 0. The molecular weight excluding hydrogens is 252 g/mol. The highest BCUT2D eigenvalue weighted by molar-refractivity contribution is 5.81. The van der Waals surface area contributed by atoms with Crippen molar-refractivity contribution < 1.29 is 4.79 Å². The first kappa shape index (κ1) is 14.8. The lowest BCUT2D eigenvalue weighted by atomic mass is 10.0. The van der Waals surface area contributed by atoms with E-state index in [0.717, 1.165) is 38.2 Å². The Balaban J connectivity index is 1.69. The van der Waals surface area contributed by atoms with Crippen LogP contribution in [-0.2, 0) is 4.79 Å². The van der Waals surface area contributed by atoms with Crippen molar-refractivity contribution in [3.63, 3.8) is 0 Å². The van der Waals surface area contributed by atoms with Gasteiger partial charge in [-0.05, 0) is 38.1 Å². The lowest BCUT2D eigenvalue weighted by Gasteiger charge is -2.33. The zero-order valence-electron chi connectivity index (χ0n) is 12.1. The van der Waals surface area contributed by atoms with Gasteiger partial charge in [0.25, 0.3) is 0 Å². The Morgan fingerprint density at radius 1 is 1.45 bits per heavy atom. The number of pyridine rings is 1. The predicted octanol–water partition coefficient (Wildman–Crippen LogP) is 1.48. The number of aromatic nitrogens is 1. The zero-order valence-corrected chi connectivity index (χ0v) is 12.1. The van der Waals surface area contributed by atoms with Crippen LogP contribution in [0, 0.1) is 0 Å². The maximum absolute atomic E-state index is 12.2. The molecule has 5 nitrogen and oxygen atoms in total. The summed E-state index contributed by atoms with van der Waals surface area (Å²) < 4.78 is 0. The number of amides is 1. The lowest BCUT2D eigenvalue weighted by Crippen LogP contribution is -2.50. The van der Waals surface area contributed by atoms with Crippen LogP contribution in [0.5, 0.6) is 0 Å². The third kappa shape index (κ3) is 4.20. The van der Waals surface area contributed by atoms with Crippen LogP contribution in [0.2, 0.25) is 0 Å². The highest BCUT2D eigenvalue weighted by Gasteiger charge is 2.26. The number of anilines is 1. The second kappa shape index (κ2) is 7.85. The molecule has 0 saturated carbocycles. The van der Waals surface area contributed by atoms with Crippen molar-refractivity contribution in [2.45, 2.75) is 32.2 Å². The number of carbonyl (C=O) groups excluding carboxylic acids is 1. The standard InChI is InChI=1S/C15H24N4O/c1-2-19-11-4-3-7-14(19)15(20)18-10-9-17-13-6-5-8-16-12-13/h5-6,8,12,14,17H,2-4,7,9-11H2,1H3,(H,18,20)/t14-/m1/s1. The number of rotatable bonds is 6. The normalized spacial score (nSPS) is 19.6. The molecule has 20 heavy (non-hydrogen) atoms. The summed E-state index contributed by atoms with van der Waals surface area (Å²) in [6, 6.07) is 3.92. The van der Waals surface area contributed by atoms with Gasteiger partial charge in [-0.2, -0.15) is 0 Å². The summed E-state index contributed by atoms with van der Waals surface area (Å²) in [7, 11) is 0. The number of likely N-dealkylation sites (N-methyl/N-ethyl adjacent to an activating group) is 1. The van der Waals surface area contributed by atoms with Gasteiger partial charge in [0, 0.05) is 25.5 Å². The van der Waals surface area contributed by atoms with E-state index >= 15 is 0 Å². The van der Waals surface area contributed by atoms with Crippen molar-refractivity contribution in [3.8, 4) is 0 Å². The number of hydrogen-bond donors (Lipinski definition) is 2. The van der Waals surface area contributed by atoms with E-state index in [4.69, 9.17) is 0 Å². The molecule has 2 heterocycles. The number of piperidine rings is 1. The fourth-order valence-electron chi connectivity index (χ4n) is 2.64. The molecule has 1 aromatic rings. The van der Waals surface area contributed by atoms with Crippen molar-refractivity contribution in [1.82, 2.24) is 15.2 Å². The van der Waals surface area contributed by atoms with E-state index in [-0.39, 0.29) is 11.9 Å². The van der Waals surface area contributed by atoms with Crippen LogP contribution in [0.1, 0.15) is 26.2 Å². The van der Waals surface area contributed by atoms with E-state index in [1.54, 1.807) is 12.4 Å². The van der Waals surface area contributed by atoms with Gasteiger partial charge >= 0.3 is 0 Å². The van der Waals surface area contributed by atoms with Crippen LogP contribution in [0.25, 0.3) is 0 Å². The maximum atomic E-state index is 12.2. The first-order chi connectivity index (χ1) is 9.81. The molecule has 2 N–H and O–H groups in total. The van der Waals surface area contributed by atoms with Gasteiger partial charge in [0.05, 0.1) is 11.7 Å². The molecule has 0 spiro atoms. The van der Waals surface area contributed by atoms with E-state index in [1.807, 2.05) is 12.1 Å². The number of carbonyl (C=O) groups is 1. The minimum Gasteiger partial charge on any atom is -0.382 e. The van der Waals surface area contributed by atoms with E-state index in [9.17, 15) is 4.79 Å². The van der Waals surface area contributed by atoms with Gasteiger partial charge in [-0.1, -0.05) is 13.3 Å². The van der Waals surface area contributed by atoms with E-state index in [1.165, 1.54) is 6.42 Å². The van der Waals surface area contributed by atoms with E-state index in [0.29, 0.717) is 6.54 Å². The maximum Gasteiger partial charge on any atom is 0.237 e. The van der Waals surface area contributed by atoms with Crippen molar-refractivity contribution in [2.75, 3.05) is 31.5 Å². The Morgan fingerprint density at radius 3 is 3.10 bits per heavy atom. The van der Waals surface area contributed by atoms with Gasteiger partial charge in [0.1, 0.15) is 0 Å². The molecule has 0 bridgehead atoms. The fraction of sp³-hybridized carbons (Fsp3) is 0.600. The lowest BCUT2D eigenvalue weighted by molar-refractivity contribution is -0.127. The summed E-state index contributed by atoms with van der Waals surface area (Å²) in [5.74, 6) is 0.166. The van der Waals surface area contributed by atoms with Crippen LogP contribution in [0.15, 0.2) is 24.5 Å². The van der Waals surface area contributed by atoms with Crippen LogP contribution in [-0.4, -0.2) is 48.0 Å². The molecule has 1 saturated heterocycles. The smallest absolute Gasteiger partial charge is 0.237 e. The average Bonchev–Trinajstić information content (AvgIpc) is 2.52. The van der Waals surface area contributed by atoms with Crippen molar-refractivity contribution in [3.05, 3.63) is 24.5 Å². The largest absolute Gasteiger partial charge is 0.382 e. The van der Waals surface area contributed by atoms with Crippen molar-refractivity contribution in [1.29, 1.82) is 0 Å². The molecule has 2 rings (SSSR count). The monoisotopic (exact) mass is 276 g/mol. The quantitative estimate of drug-likeness (QED) is 0.773. The number of nitrogens with one attached hydrogen (secondary N) is 2. The molecule has 1 aromatic heterocycles. The highest BCUT2D eigenvalue weighted by Crippen LogP contribution is 2.16. The first-order valence-corrected chi connectivity index (χ1v) is 7.47. The van der Waals surface area contributed by atoms with Gasteiger partial charge in [-0.15, -0.1) is 0 Å². The van der Waals surface area contributed by atoms with Crippen LogP contribution in [0.3, 0.4) is 0 Å². The third-order valence-corrected chi connectivity index (χ3v) is 3.74. The molecule has 1 amide bonds. The second-order valence-corrected chi connectivity index (χ2v) is 5.10. The van der Waals surface area contributed by atoms with Gasteiger partial charge in [-0.25, -0.2) is 0 Å². The molecule has 1 fully saturated rings. The van der Waals surface area contributed by atoms with Crippen molar-refractivity contribution >= 4 is 11.6 Å². The average molecular weight is 276 g/mol. The Morgan fingerprint density at radius 2 is 2.35 bits per heavy atom. The fourth-order valence-corrected chi connectivity index (χ4v) is 2.64. The molecule has 0 aromatic carbocycles. The minimum atomic E-state index is 0.0622. The van der Waals surface area contributed by atoms with Crippen molar-refractivity contribution in [2.24, 2.45) is 0 Å². The molecule has 5 heteroatoms. The van der Waals surface area contributed by atoms with Gasteiger partial charge < -0.3 is 10.6 Å². The second-order valence-electron chi connectivity index (χ2n) is 5.10. The van der Waals surface area contributed by atoms with E-state index in [2.05, 4.69) is 27.4 Å². The molecule has 0 aliphatic carbocycles. The molecule has 1 aliphatic heterocycles. The molecular formula is C15H24N4O. The Kier molecular flexibility index (Phi) is 5.80. The molecule has 0 radical (unpaired) electrons. The third-order valence-electron chi connectivity index (χ3n) is 3.74. The SMILES string of the molecule is CCN1CCCC[C@@H]1C(=O)NCCNc1cccnc1. The molecule has 1 aliphatic rings. The van der Waals surface area contributed by atoms with Gasteiger partial charge in [0.2, 0.25) is 5.91 Å². The zero-order chi connectivity index (χ0) is 14.2. The first-order valence-electron chi connectivity index (χ1n) is 7.47. The molecule has 110 valence electrons. The topological polar surface area (TPSA) is 57.3 Å². The Bertz CT molecular complexity index is 410. The summed E-state index contributed by atoms with van der Waals surface area (Å²) in [4.78, 5) is 18.5. The summed E-state index contributed by atoms with van der Waals surface area (Å²) in [6.45, 7) is 5.47. The Labute approximate surface area is 120 Å². The molecule has 0 unspecified atom stereocenters.